The number of benzene rings is 1. The van der Waals surface area contributed by atoms with E-state index in [-0.39, 0.29) is 5.91 Å². The number of nitrogens with zero attached hydrogens (tertiary/aromatic N) is 1. The van der Waals surface area contributed by atoms with Gasteiger partial charge in [0, 0.05) is 17.8 Å². The van der Waals surface area contributed by atoms with Crippen LogP contribution < -0.4 is 5.32 Å². The van der Waals surface area contributed by atoms with Crippen LogP contribution in [0.3, 0.4) is 0 Å². The molecule has 0 unspecified atom stereocenters. The lowest BCUT2D eigenvalue weighted by atomic mass is 10.1. The molecule has 0 aliphatic carbocycles. The first-order chi connectivity index (χ1) is 9.49. The quantitative estimate of drug-likeness (QED) is 0.910. The Bertz CT molecular complexity index is 618. The summed E-state index contributed by atoms with van der Waals surface area (Å²) < 4.78 is 0. The Balaban J connectivity index is 1.94. The second-order valence-corrected chi connectivity index (χ2v) is 5.36. The summed E-state index contributed by atoms with van der Waals surface area (Å²) in [6.07, 6.45) is 0.737. The Morgan fingerprint density at radius 3 is 2.65 bits per heavy atom. The molecule has 0 aliphatic heterocycles. The average Bonchev–Trinajstić information content (AvgIpc) is 2.73. The first kappa shape index (κ1) is 14.9. The number of aryl methyl sites for hydroxylation is 2. The fraction of sp³-hybridized carbons (Fsp3) is 0.286. The molecule has 6 heteroatoms. The molecule has 106 valence electrons. The smallest absolute Gasteiger partial charge is 0.251 e. The van der Waals surface area contributed by atoms with Gasteiger partial charge in [0.25, 0.3) is 5.91 Å². The van der Waals surface area contributed by atoms with Crippen LogP contribution >= 0.6 is 23.2 Å². The van der Waals surface area contributed by atoms with Crippen LogP contribution in [0, 0.1) is 13.8 Å². The summed E-state index contributed by atoms with van der Waals surface area (Å²) in [5, 5.41) is 10.7. The van der Waals surface area contributed by atoms with E-state index in [1.165, 1.54) is 0 Å². The number of hydrogen-bond donors (Lipinski definition) is 2. The van der Waals surface area contributed by atoms with E-state index in [1.807, 2.05) is 13.8 Å². The zero-order chi connectivity index (χ0) is 14.7. The fourth-order valence-electron chi connectivity index (χ4n) is 1.98. The van der Waals surface area contributed by atoms with Crippen LogP contribution in [0.25, 0.3) is 0 Å². The van der Waals surface area contributed by atoms with Crippen molar-refractivity contribution in [2.45, 2.75) is 20.3 Å². The molecule has 0 aliphatic rings. The Morgan fingerprint density at radius 1 is 1.30 bits per heavy atom. The SMILES string of the molecule is Cc1n[nH]c(C)c1CCNC(=O)c1ccc(Cl)c(Cl)c1. The molecule has 0 saturated carbocycles. The highest BCUT2D eigenvalue weighted by atomic mass is 35.5. The van der Waals surface area contributed by atoms with Crippen LogP contribution in [-0.4, -0.2) is 22.6 Å². The van der Waals surface area contributed by atoms with E-state index in [2.05, 4.69) is 15.5 Å². The zero-order valence-electron chi connectivity index (χ0n) is 11.3. The number of amides is 1. The van der Waals surface area contributed by atoms with Gasteiger partial charge in [-0.15, -0.1) is 0 Å². The average molecular weight is 312 g/mol. The predicted octanol–water partition coefficient (Wildman–Crippen LogP) is 3.31. The van der Waals surface area contributed by atoms with Crippen LogP contribution in [0.1, 0.15) is 27.3 Å². The number of H-pyrrole nitrogens is 1. The lowest BCUT2D eigenvalue weighted by Gasteiger charge is -2.06. The first-order valence-corrected chi connectivity index (χ1v) is 6.98. The lowest BCUT2D eigenvalue weighted by molar-refractivity contribution is 0.0954. The number of carbonyl (C=O) groups is 1. The van der Waals surface area contributed by atoms with Crippen molar-refractivity contribution in [3.05, 3.63) is 50.8 Å². The van der Waals surface area contributed by atoms with Crippen molar-refractivity contribution in [3.63, 3.8) is 0 Å². The van der Waals surface area contributed by atoms with Gasteiger partial charge in [0.1, 0.15) is 0 Å². The van der Waals surface area contributed by atoms with Crippen molar-refractivity contribution < 1.29 is 4.79 Å². The standard InChI is InChI=1S/C14H15Cl2N3O/c1-8-11(9(2)19-18-8)5-6-17-14(20)10-3-4-12(15)13(16)7-10/h3-4,7H,5-6H2,1-2H3,(H,17,20)(H,18,19). The Hall–Kier alpha value is -1.52. The molecule has 1 amide bonds. The van der Waals surface area contributed by atoms with E-state index >= 15 is 0 Å². The molecule has 2 aromatic rings. The minimum Gasteiger partial charge on any atom is -0.352 e. The van der Waals surface area contributed by atoms with Crippen LogP contribution in [0.2, 0.25) is 10.0 Å². The number of carbonyl (C=O) groups excluding carboxylic acids is 1. The summed E-state index contributed by atoms with van der Waals surface area (Å²) in [5.41, 5.74) is 3.64. The number of hydrogen-bond acceptors (Lipinski definition) is 2. The molecule has 0 atom stereocenters. The third kappa shape index (κ3) is 3.32. The third-order valence-corrected chi connectivity index (χ3v) is 3.86. The van der Waals surface area contributed by atoms with Gasteiger partial charge in [-0.2, -0.15) is 5.10 Å². The van der Waals surface area contributed by atoms with Crippen LogP contribution in [0.4, 0.5) is 0 Å². The summed E-state index contributed by atoms with van der Waals surface area (Å²) in [6, 6.07) is 4.83. The molecule has 20 heavy (non-hydrogen) atoms. The van der Waals surface area contributed by atoms with Gasteiger partial charge in [0.15, 0.2) is 0 Å². The lowest BCUT2D eigenvalue weighted by Crippen LogP contribution is -2.25. The number of halogens is 2. The number of aromatic nitrogens is 2. The van der Waals surface area contributed by atoms with Gasteiger partial charge < -0.3 is 5.32 Å². The van der Waals surface area contributed by atoms with E-state index in [1.54, 1.807) is 18.2 Å². The summed E-state index contributed by atoms with van der Waals surface area (Å²) >= 11 is 11.7. The fourth-order valence-corrected chi connectivity index (χ4v) is 2.28. The highest BCUT2D eigenvalue weighted by molar-refractivity contribution is 6.42. The Kier molecular flexibility index (Phi) is 4.68. The van der Waals surface area contributed by atoms with Gasteiger partial charge in [-0.05, 0) is 44.0 Å². The summed E-state index contributed by atoms with van der Waals surface area (Å²) in [4.78, 5) is 12.0. The molecule has 2 N–H and O–H groups in total. The maximum atomic E-state index is 12.0. The van der Waals surface area contributed by atoms with Gasteiger partial charge in [-0.25, -0.2) is 0 Å². The summed E-state index contributed by atoms with van der Waals surface area (Å²) in [7, 11) is 0. The Labute approximate surface area is 127 Å². The van der Waals surface area contributed by atoms with Crippen molar-refractivity contribution in [2.24, 2.45) is 0 Å². The monoisotopic (exact) mass is 311 g/mol. The second kappa shape index (κ2) is 6.29. The molecule has 0 bridgehead atoms. The van der Waals surface area contributed by atoms with Gasteiger partial charge in [0.2, 0.25) is 0 Å². The van der Waals surface area contributed by atoms with E-state index in [4.69, 9.17) is 23.2 Å². The predicted molar refractivity (Wildman–Crippen MR) is 80.6 cm³/mol. The molecule has 0 fully saturated rings. The molecule has 2 rings (SSSR count). The van der Waals surface area contributed by atoms with Gasteiger partial charge in [-0.3, -0.25) is 9.89 Å². The van der Waals surface area contributed by atoms with E-state index in [0.29, 0.717) is 22.2 Å². The van der Waals surface area contributed by atoms with E-state index in [9.17, 15) is 4.79 Å². The summed E-state index contributed by atoms with van der Waals surface area (Å²) in [5.74, 6) is -0.164. The van der Waals surface area contributed by atoms with Crippen molar-refractivity contribution in [1.29, 1.82) is 0 Å². The van der Waals surface area contributed by atoms with Crippen molar-refractivity contribution in [2.75, 3.05) is 6.54 Å². The van der Waals surface area contributed by atoms with E-state index < -0.39 is 0 Å². The van der Waals surface area contributed by atoms with Crippen molar-refractivity contribution in [3.8, 4) is 0 Å². The minimum absolute atomic E-state index is 0.164. The van der Waals surface area contributed by atoms with Crippen LogP contribution in [-0.2, 0) is 6.42 Å². The summed E-state index contributed by atoms with van der Waals surface area (Å²) in [6.45, 7) is 4.45. The second-order valence-electron chi connectivity index (χ2n) is 4.55. The number of rotatable bonds is 4. The normalized spacial score (nSPS) is 10.6. The maximum Gasteiger partial charge on any atom is 0.251 e. The molecule has 1 aromatic carbocycles. The molecule has 0 spiro atoms. The van der Waals surface area contributed by atoms with Gasteiger partial charge in [0.05, 0.1) is 15.7 Å². The van der Waals surface area contributed by atoms with Gasteiger partial charge in [-0.1, -0.05) is 23.2 Å². The van der Waals surface area contributed by atoms with Crippen molar-refractivity contribution >= 4 is 29.1 Å². The largest absolute Gasteiger partial charge is 0.352 e. The van der Waals surface area contributed by atoms with Crippen LogP contribution in [0.15, 0.2) is 18.2 Å². The third-order valence-electron chi connectivity index (χ3n) is 3.12. The van der Waals surface area contributed by atoms with E-state index in [0.717, 1.165) is 23.4 Å². The molecule has 1 aromatic heterocycles. The Morgan fingerprint density at radius 2 is 2.05 bits per heavy atom. The molecule has 0 saturated heterocycles. The molecule has 1 heterocycles. The van der Waals surface area contributed by atoms with Crippen molar-refractivity contribution in [1.82, 2.24) is 15.5 Å². The highest BCUT2D eigenvalue weighted by Crippen LogP contribution is 2.22. The zero-order valence-corrected chi connectivity index (χ0v) is 12.8. The first-order valence-electron chi connectivity index (χ1n) is 6.22. The van der Waals surface area contributed by atoms with Crippen LogP contribution in [0.5, 0.6) is 0 Å². The molecule has 4 nitrogen and oxygen atoms in total. The molecular weight excluding hydrogens is 297 g/mol. The van der Waals surface area contributed by atoms with Gasteiger partial charge >= 0.3 is 0 Å². The number of nitrogens with one attached hydrogen (secondary N) is 2. The number of aromatic amines is 1. The topological polar surface area (TPSA) is 57.8 Å². The minimum atomic E-state index is -0.164. The highest BCUT2D eigenvalue weighted by Gasteiger charge is 2.09. The maximum absolute atomic E-state index is 12.0. The molecule has 0 radical (unpaired) electrons. The molecular formula is C14H15Cl2N3O.